The predicted octanol–water partition coefficient (Wildman–Crippen LogP) is -0.456. The zero-order valence-corrected chi connectivity index (χ0v) is 25.2. The first kappa shape index (κ1) is 33.7. The number of aliphatic hydroxyl groups excluding tert-OH is 2. The zero-order chi connectivity index (χ0) is 34.1. The second kappa shape index (κ2) is 13.2. The number of rotatable bonds is 14. The molecule has 0 saturated heterocycles. The molecular formula is C31H36N2O14. The minimum atomic E-state index is -1.88. The van der Waals surface area contributed by atoms with Crippen molar-refractivity contribution in [2.24, 2.45) is 5.92 Å². The van der Waals surface area contributed by atoms with Crippen molar-refractivity contribution in [3.8, 4) is 11.5 Å². The Morgan fingerprint density at radius 3 is 2.17 bits per heavy atom. The zero-order valence-electron chi connectivity index (χ0n) is 25.2. The van der Waals surface area contributed by atoms with Crippen LogP contribution in [0.15, 0.2) is 24.0 Å². The molecule has 1 heterocycles. The van der Waals surface area contributed by atoms with E-state index in [4.69, 9.17) is 24.4 Å². The fraction of sp³-hybridized carbons (Fsp3) is 0.548. The van der Waals surface area contributed by atoms with Gasteiger partial charge in [0.2, 0.25) is 11.8 Å². The number of ether oxygens (including phenoxy) is 3. The second-order valence-corrected chi connectivity index (χ2v) is 12.2. The highest BCUT2D eigenvalue weighted by molar-refractivity contribution is 5.84. The highest BCUT2D eigenvalue weighted by atomic mass is 16.6. The van der Waals surface area contributed by atoms with Crippen LogP contribution in [0.4, 0.5) is 0 Å². The molecule has 1 aromatic rings. The number of carbonyl (C=O) groups is 6. The third-order valence-corrected chi connectivity index (χ3v) is 9.38. The number of nitrogens with one attached hydrogen (secondary N) is 2. The number of carbonyl (C=O) groups excluding carboxylic acids is 4. The van der Waals surface area contributed by atoms with E-state index in [2.05, 4.69) is 10.6 Å². The van der Waals surface area contributed by atoms with Gasteiger partial charge in [0.15, 0.2) is 29.8 Å². The molecule has 2 amide bonds. The molecule has 1 aliphatic heterocycles. The van der Waals surface area contributed by atoms with Gasteiger partial charge in [-0.25, -0.2) is 9.59 Å². The molecule has 1 aromatic carbocycles. The summed E-state index contributed by atoms with van der Waals surface area (Å²) in [6.07, 6.45) is -2.34. The lowest BCUT2D eigenvalue weighted by molar-refractivity contribution is -0.200. The van der Waals surface area contributed by atoms with E-state index < -0.39 is 77.9 Å². The van der Waals surface area contributed by atoms with Crippen LogP contribution in [0.5, 0.6) is 11.5 Å². The molecule has 7 N–H and O–H groups in total. The van der Waals surface area contributed by atoms with Crippen LogP contribution in [0.25, 0.3) is 0 Å². The summed E-state index contributed by atoms with van der Waals surface area (Å²) < 4.78 is 18.4. The van der Waals surface area contributed by atoms with Crippen molar-refractivity contribution >= 4 is 35.7 Å². The van der Waals surface area contributed by atoms with Crippen LogP contribution < -0.4 is 15.4 Å². The van der Waals surface area contributed by atoms with Crippen LogP contribution in [0.2, 0.25) is 0 Å². The van der Waals surface area contributed by atoms with Crippen LogP contribution in [-0.2, 0) is 50.1 Å². The number of aromatic hydroxyl groups is 1. The molecule has 254 valence electrons. The van der Waals surface area contributed by atoms with Crippen molar-refractivity contribution in [2.45, 2.75) is 87.1 Å². The number of aliphatic carboxylic acids is 2. The van der Waals surface area contributed by atoms with Crippen LogP contribution in [0, 0.1) is 5.92 Å². The average molecular weight is 661 g/mol. The first-order chi connectivity index (χ1) is 22.3. The Kier molecular flexibility index (Phi) is 9.45. The quantitative estimate of drug-likeness (QED) is 0.125. The summed E-state index contributed by atoms with van der Waals surface area (Å²) in [7, 11) is 0. The summed E-state index contributed by atoms with van der Waals surface area (Å²) >= 11 is 0. The lowest BCUT2D eigenvalue weighted by Crippen LogP contribution is -2.69. The fourth-order valence-corrected chi connectivity index (χ4v) is 7.43. The number of esters is 2. The van der Waals surface area contributed by atoms with Crippen LogP contribution >= 0.6 is 0 Å². The average Bonchev–Trinajstić information content (AvgIpc) is 3.35. The SMILES string of the molecule is O=C(C[C@H](O)C(=O)O)NCCC(=O)OC1=CC[C@@]2(OC(=O)CCNC(=O)C[C@H](O)C(=O)O)[C@@H]3CCC[C@@]24c2c(ccc(O)c2O[C@@H]14)C3. The van der Waals surface area contributed by atoms with Gasteiger partial charge in [-0.15, -0.1) is 0 Å². The van der Waals surface area contributed by atoms with E-state index in [0.717, 1.165) is 18.4 Å². The van der Waals surface area contributed by atoms with E-state index in [1.165, 1.54) is 6.07 Å². The van der Waals surface area contributed by atoms with E-state index in [1.54, 1.807) is 12.1 Å². The van der Waals surface area contributed by atoms with E-state index in [9.17, 15) is 44.1 Å². The van der Waals surface area contributed by atoms with Gasteiger partial charge in [0.25, 0.3) is 0 Å². The van der Waals surface area contributed by atoms with Gasteiger partial charge in [0.05, 0.1) is 31.1 Å². The Labute approximate surface area is 267 Å². The maximum Gasteiger partial charge on any atom is 0.333 e. The van der Waals surface area contributed by atoms with E-state index >= 15 is 0 Å². The fourth-order valence-electron chi connectivity index (χ4n) is 7.43. The van der Waals surface area contributed by atoms with Crippen molar-refractivity contribution in [1.29, 1.82) is 0 Å². The van der Waals surface area contributed by atoms with E-state index in [-0.39, 0.29) is 55.5 Å². The molecule has 6 atom stereocenters. The number of amides is 2. The largest absolute Gasteiger partial charge is 0.504 e. The maximum absolute atomic E-state index is 13.3. The summed E-state index contributed by atoms with van der Waals surface area (Å²) in [5, 5.41) is 51.9. The molecule has 47 heavy (non-hydrogen) atoms. The van der Waals surface area contributed by atoms with Crippen LogP contribution in [-0.4, -0.2) is 98.2 Å². The highest BCUT2D eigenvalue weighted by Gasteiger charge is 2.73. The lowest BCUT2D eigenvalue weighted by Gasteiger charge is -2.60. The first-order valence-corrected chi connectivity index (χ1v) is 15.3. The van der Waals surface area contributed by atoms with Crippen molar-refractivity contribution in [3.63, 3.8) is 0 Å². The molecular weight excluding hydrogens is 624 g/mol. The molecule has 2 bridgehead atoms. The van der Waals surface area contributed by atoms with Gasteiger partial charge < -0.3 is 50.4 Å². The lowest BCUT2D eigenvalue weighted by atomic mass is 9.46. The molecule has 1 saturated carbocycles. The number of hydrogen-bond acceptors (Lipinski definition) is 12. The van der Waals surface area contributed by atoms with Crippen molar-refractivity contribution < 1.29 is 68.5 Å². The Bertz CT molecular complexity index is 1520. The molecule has 1 fully saturated rings. The predicted molar refractivity (Wildman–Crippen MR) is 155 cm³/mol. The number of benzene rings is 1. The van der Waals surface area contributed by atoms with Gasteiger partial charge in [-0.1, -0.05) is 12.5 Å². The standard InChI is InChI=1S/C31H36N2O14/c34-17-4-3-15-12-16-2-1-8-30-25(15)26(17)46-27(30)20(45-23(39)6-10-32-21(37)13-18(35)28(41)42)5-9-31(16,30)47-24(40)7-11-33-22(38)14-19(36)29(43)44/h3-5,16,18-19,27,34-36H,1-2,6-14H2,(H,32,37)(H,33,38)(H,41,42)(H,43,44)/t16-,18+,19+,27+,30+,31-/m1/s1. The van der Waals surface area contributed by atoms with Gasteiger partial charge in [-0.2, -0.15) is 0 Å². The molecule has 3 aliphatic carbocycles. The van der Waals surface area contributed by atoms with Gasteiger partial charge in [-0.05, 0) is 37.0 Å². The molecule has 4 aliphatic rings. The van der Waals surface area contributed by atoms with E-state index in [1.807, 2.05) is 0 Å². The molecule has 0 unspecified atom stereocenters. The Hall–Kier alpha value is -4.70. The van der Waals surface area contributed by atoms with Gasteiger partial charge in [-0.3, -0.25) is 19.2 Å². The third-order valence-electron chi connectivity index (χ3n) is 9.38. The number of carboxylic acids is 2. The molecule has 0 aromatic heterocycles. The van der Waals surface area contributed by atoms with Crippen molar-refractivity contribution in [2.75, 3.05) is 13.1 Å². The van der Waals surface area contributed by atoms with Crippen LogP contribution in [0.3, 0.4) is 0 Å². The summed E-state index contributed by atoms with van der Waals surface area (Å²) in [6, 6.07) is 3.33. The number of phenols is 1. The summed E-state index contributed by atoms with van der Waals surface area (Å²) in [5.41, 5.74) is -0.557. The Morgan fingerprint density at radius 1 is 0.936 bits per heavy atom. The smallest absolute Gasteiger partial charge is 0.333 e. The monoisotopic (exact) mass is 660 g/mol. The third kappa shape index (κ3) is 6.22. The molecule has 16 nitrogen and oxygen atoms in total. The number of phenolic OH excluding ortho intramolecular Hbond substituents is 1. The van der Waals surface area contributed by atoms with Gasteiger partial charge >= 0.3 is 23.9 Å². The minimum Gasteiger partial charge on any atom is -0.504 e. The molecule has 16 heteroatoms. The molecule has 0 radical (unpaired) electrons. The Morgan fingerprint density at radius 2 is 1.55 bits per heavy atom. The van der Waals surface area contributed by atoms with Gasteiger partial charge in [0.1, 0.15) is 11.4 Å². The van der Waals surface area contributed by atoms with Gasteiger partial charge in [0, 0.05) is 31.0 Å². The number of carboxylic acid groups (broad SMARTS) is 2. The second-order valence-electron chi connectivity index (χ2n) is 12.2. The highest BCUT2D eigenvalue weighted by Crippen LogP contribution is 2.68. The van der Waals surface area contributed by atoms with Crippen molar-refractivity contribution in [3.05, 3.63) is 35.1 Å². The maximum atomic E-state index is 13.3. The van der Waals surface area contributed by atoms with Crippen LogP contribution in [0.1, 0.15) is 62.5 Å². The number of hydrogen-bond donors (Lipinski definition) is 7. The van der Waals surface area contributed by atoms with Crippen molar-refractivity contribution in [1.82, 2.24) is 10.6 Å². The molecule has 5 rings (SSSR count). The summed E-state index contributed by atoms with van der Waals surface area (Å²) in [4.78, 5) is 71.7. The summed E-state index contributed by atoms with van der Waals surface area (Å²) in [5.74, 6) is -5.88. The first-order valence-electron chi connectivity index (χ1n) is 15.3. The van der Waals surface area contributed by atoms with E-state index in [0.29, 0.717) is 18.4 Å². The summed E-state index contributed by atoms with van der Waals surface area (Å²) in [6.45, 7) is -0.348. The molecule has 1 spiro atoms. The normalized spacial score (nSPS) is 26.0. The Balaban J connectivity index is 1.33. The topological polar surface area (TPSA) is 255 Å². The minimum absolute atomic E-state index is 0.125. The number of aliphatic hydroxyl groups is 2.